The van der Waals surface area contributed by atoms with E-state index in [4.69, 9.17) is 0 Å². The first-order chi connectivity index (χ1) is 14.7. The number of amides is 2. The minimum atomic E-state index is -0.413. The lowest BCUT2D eigenvalue weighted by molar-refractivity contribution is -0.134. The van der Waals surface area contributed by atoms with Gasteiger partial charge in [-0.2, -0.15) is 0 Å². The molecule has 2 aliphatic rings. The quantitative estimate of drug-likeness (QED) is 0.658. The fraction of sp³-hybridized carbons (Fsp3) is 0.417. The number of benzene rings is 2. The number of piperazine rings is 1. The summed E-state index contributed by atoms with van der Waals surface area (Å²) in [6.07, 6.45) is 2.19. The van der Waals surface area contributed by atoms with Gasteiger partial charge < -0.3 is 15.5 Å². The first kappa shape index (κ1) is 20.4. The summed E-state index contributed by atoms with van der Waals surface area (Å²) in [6.45, 7) is 4.67. The monoisotopic (exact) mass is 406 g/mol. The smallest absolute Gasteiger partial charge is 0.237 e. The lowest BCUT2D eigenvalue weighted by Crippen LogP contribution is -2.56. The third kappa shape index (κ3) is 5.00. The van der Waals surface area contributed by atoms with Crippen LogP contribution in [0.1, 0.15) is 24.0 Å². The second-order valence-corrected chi connectivity index (χ2v) is 8.04. The van der Waals surface area contributed by atoms with E-state index in [1.807, 2.05) is 18.2 Å². The van der Waals surface area contributed by atoms with Gasteiger partial charge in [0.25, 0.3) is 0 Å². The van der Waals surface area contributed by atoms with Gasteiger partial charge >= 0.3 is 0 Å². The Balaban J connectivity index is 1.23. The number of hydrogen-bond donors (Lipinski definition) is 2. The van der Waals surface area contributed by atoms with Crippen molar-refractivity contribution in [2.45, 2.75) is 31.8 Å². The maximum Gasteiger partial charge on any atom is 0.237 e. The molecule has 2 heterocycles. The summed E-state index contributed by atoms with van der Waals surface area (Å²) in [6, 6.07) is 18.2. The van der Waals surface area contributed by atoms with Crippen molar-refractivity contribution in [1.29, 1.82) is 0 Å². The van der Waals surface area contributed by atoms with E-state index in [1.54, 1.807) is 0 Å². The van der Waals surface area contributed by atoms with Crippen LogP contribution in [0.2, 0.25) is 0 Å². The first-order valence-corrected chi connectivity index (χ1v) is 10.9. The van der Waals surface area contributed by atoms with E-state index in [2.05, 4.69) is 56.8 Å². The number of para-hydroxylation sites is 1. The zero-order chi connectivity index (χ0) is 20.8. The molecule has 2 aromatic carbocycles. The molecule has 6 heteroatoms. The Hall–Kier alpha value is -2.86. The molecule has 2 amide bonds. The Labute approximate surface area is 178 Å². The molecule has 1 atom stereocenters. The molecule has 0 bridgehead atoms. The summed E-state index contributed by atoms with van der Waals surface area (Å²) < 4.78 is 0. The number of carbonyl (C=O) groups is 2. The van der Waals surface area contributed by atoms with E-state index < -0.39 is 6.04 Å². The van der Waals surface area contributed by atoms with Gasteiger partial charge in [-0.1, -0.05) is 48.5 Å². The van der Waals surface area contributed by atoms with Crippen molar-refractivity contribution in [3.8, 4) is 0 Å². The SMILES string of the molecule is O=C(CC1C(=O)NCCN1Cc1ccccc1)NCCCN1CCc2ccccc21. The van der Waals surface area contributed by atoms with Crippen molar-refractivity contribution >= 4 is 17.5 Å². The Kier molecular flexibility index (Phi) is 6.64. The zero-order valence-electron chi connectivity index (χ0n) is 17.3. The maximum atomic E-state index is 12.5. The molecule has 0 spiro atoms. The predicted molar refractivity (Wildman–Crippen MR) is 118 cm³/mol. The highest BCUT2D eigenvalue weighted by molar-refractivity contribution is 5.88. The molecule has 1 unspecified atom stereocenters. The minimum absolute atomic E-state index is 0.0546. The molecule has 4 rings (SSSR count). The van der Waals surface area contributed by atoms with Crippen molar-refractivity contribution in [3.05, 3.63) is 65.7 Å². The molecule has 0 aliphatic carbocycles. The van der Waals surface area contributed by atoms with Gasteiger partial charge in [-0.25, -0.2) is 0 Å². The average molecular weight is 407 g/mol. The number of carbonyl (C=O) groups excluding carboxylic acids is 2. The number of nitrogens with zero attached hydrogens (tertiary/aromatic N) is 2. The van der Waals surface area contributed by atoms with E-state index >= 15 is 0 Å². The number of rotatable bonds is 8. The standard InChI is InChI=1S/C24H30N4O2/c29-23(25-12-6-14-27-15-11-20-9-4-5-10-21(20)27)17-22-24(30)26-13-16-28(22)18-19-7-2-1-3-8-19/h1-5,7-10,22H,6,11-18H2,(H,25,29)(H,26,30). The van der Waals surface area contributed by atoms with Gasteiger partial charge in [0, 0.05) is 45.0 Å². The molecule has 0 radical (unpaired) electrons. The molecule has 1 fully saturated rings. The lowest BCUT2D eigenvalue weighted by Gasteiger charge is -2.34. The number of nitrogens with one attached hydrogen (secondary N) is 2. The maximum absolute atomic E-state index is 12.5. The fourth-order valence-electron chi connectivity index (χ4n) is 4.38. The normalized spacial score (nSPS) is 18.7. The van der Waals surface area contributed by atoms with Crippen molar-refractivity contribution in [2.75, 3.05) is 37.6 Å². The molecule has 6 nitrogen and oxygen atoms in total. The fourth-order valence-corrected chi connectivity index (χ4v) is 4.38. The van der Waals surface area contributed by atoms with Crippen molar-refractivity contribution in [2.24, 2.45) is 0 Å². The Morgan fingerprint density at radius 3 is 2.73 bits per heavy atom. The van der Waals surface area contributed by atoms with Crippen LogP contribution in [-0.2, 0) is 22.6 Å². The highest BCUT2D eigenvalue weighted by atomic mass is 16.2. The summed E-state index contributed by atoms with van der Waals surface area (Å²) >= 11 is 0. The Morgan fingerprint density at radius 2 is 1.87 bits per heavy atom. The van der Waals surface area contributed by atoms with Gasteiger partial charge in [0.1, 0.15) is 0 Å². The van der Waals surface area contributed by atoms with E-state index in [1.165, 1.54) is 11.3 Å². The van der Waals surface area contributed by atoms with Crippen LogP contribution in [-0.4, -0.2) is 55.5 Å². The molecule has 0 saturated carbocycles. The van der Waals surface area contributed by atoms with Gasteiger partial charge in [-0.05, 0) is 30.0 Å². The molecule has 2 N–H and O–H groups in total. The van der Waals surface area contributed by atoms with Crippen molar-refractivity contribution in [1.82, 2.24) is 15.5 Å². The largest absolute Gasteiger partial charge is 0.371 e. The number of anilines is 1. The van der Waals surface area contributed by atoms with Crippen molar-refractivity contribution in [3.63, 3.8) is 0 Å². The van der Waals surface area contributed by atoms with Crippen LogP contribution in [0.5, 0.6) is 0 Å². The third-order valence-electron chi connectivity index (χ3n) is 5.96. The summed E-state index contributed by atoms with van der Waals surface area (Å²) in [7, 11) is 0. The summed E-state index contributed by atoms with van der Waals surface area (Å²) in [5.41, 5.74) is 3.88. The van der Waals surface area contributed by atoms with Crippen LogP contribution >= 0.6 is 0 Å². The van der Waals surface area contributed by atoms with Gasteiger partial charge in [-0.15, -0.1) is 0 Å². The molecule has 2 aromatic rings. The van der Waals surface area contributed by atoms with Gasteiger partial charge in [-0.3, -0.25) is 14.5 Å². The third-order valence-corrected chi connectivity index (χ3v) is 5.96. The van der Waals surface area contributed by atoms with E-state index in [0.717, 1.165) is 38.0 Å². The summed E-state index contributed by atoms with van der Waals surface area (Å²) in [4.78, 5) is 29.4. The average Bonchev–Trinajstić information content (AvgIpc) is 3.18. The van der Waals surface area contributed by atoms with Crippen LogP contribution in [0.15, 0.2) is 54.6 Å². The Morgan fingerprint density at radius 1 is 1.07 bits per heavy atom. The van der Waals surface area contributed by atoms with Crippen LogP contribution in [0.4, 0.5) is 5.69 Å². The van der Waals surface area contributed by atoms with Gasteiger partial charge in [0.2, 0.25) is 11.8 Å². The van der Waals surface area contributed by atoms with E-state index in [0.29, 0.717) is 19.6 Å². The topological polar surface area (TPSA) is 64.7 Å². The summed E-state index contributed by atoms with van der Waals surface area (Å²) in [5.74, 6) is -0.113. The molecule has 2 aliphatic heterocycles. The summed E-state index contributed by atoms with van der Waals surface area (Å²) in [5, 5.41) is 5.91. The molecular weight excluding hydrogens is 376 g/mol. The Bertz CT molecular complexity index is 871. The van der Waals surface area contributed by atoms with Gasteiger partial charge in [0.05, 0.1) is 12.5 Å². The molecule has 0 aromatic heterocycles. The van der Waals surface area contributed by atoms with Crippen LogP contribution < -0.4 is 15.5 Å². The zero-order valence-corrected chi connectivity index (χ0v) is 17.3. The van der Waals surface area contributed by atoms with Crippen LogP contribution in [0.3, 0.4) is 0 Å². The molecule has 158 valence electrons. The predicted octanol–water partition coefficient (Wildman–Crippen LogP) is 1.95. The highest BCUT2D eigenvalue weighted by Gasteiger charge is 2.31. The number of hydrogen-bond acceptors (Lipinski definition) is 4. The van der Waals surface area contributed by atoms with E-state index in [-0.39, 0.29) is 18.2 Å². The lowest BCUT2D eigenvalue weighted by atomic mass is 10.1. The molecular formula is C24H30N4O2. The first-order valence-electron chi connectivity index (χ1n) is 10.9. The molecule has 30 heavy (non-hydrogen) atoms. The molecule has 1 saturated heterocycles. The highest BCUT2D eigenvalue weighted by Crippen LogP contribution is 2.27. The van der Waals surface area contributed by atoms with E-state index in [9.17, 15) is 9.59 Å². The van der Waals surface area contributed by atoms with Crippen LogP contribution in [0, 0.1) is 0 Å². The minimum Gasteiger partial charge on any atom is -0.371 e. The van der Waals surface area contributed by atoms with Gasteiger partial charge in [0.15, 0.2) is 0 Å². The van der Waals surface area contributed by atoms with Crippen LogP contribution in [0.25, 0.3) is 0 Å². The second-order valence-electron chi connectivity index (χ2n) is 8.04. The second kappa shape index (κ2) is 9.76. The number of fused-ring (bicyclic) bond motifs is 1. The van der Waals surface area contributed by atoms with Crippen molar-refractivity contribution < 1.29 is 9.59 Å².